The van der Waals surface area contributed by atoms with Gasteiger partial charge in [0.1, 0.15) is 22.2 Å². The fourth-order valence-corrected chi connectivity index (χ4v) is 3.03. The van der Waals surface area contributed by atoms with Crippen LogP contribution in [0.2, 0.25) is 0 Å². The van der Waals surface area contributed by atoms with Crippen molar-refractivity contribution in [2.24, 2.45) is 0 Å². The molecule has 11 nitrogen and oxygen atoms in total. The molecule has 2 rings (SSSR count). The van der Waals surface area contributed by atoms with Crippen molar-refractivity contribution < 1.29 is 45.0 Å². The molecular formula is C14H13F4N5O6S. The number of hydrogen-bond acceptors (Lipinski definition) is 9. The molecule has 0 atom stereocenters. The van der Waals surface area contributed by atoms with Crippen molar-refractivity contribution in [2.45, 2.75) is 25.0 Å². The zero-order valence-corrected chi connectivity index (χ0v) is 15.9. The van der Waals surface area contributed by atoms with E-state index in [9.17, 15) is 30.8 Å². The summed E-state index contributed by atoms with van der Waals surface area (Å²) >= 11 is 0. The molecule has 0 saturated carbocycles. The Balaban J connectivity index is 2.30. The molecule has 1 heterocycles. The summed E-state index contributed by atoms with van der Waals surface area (Å²) in [6.45, 7) is -5.32. The highest BCUT2D eigenvalue weighted by Crippen LogP contribution is 2.30. The molecule has 0 saturated heterocycles. The van der Waals surface area contributed by atoms with Gasteiger partial charge in [-0.2, -0.15) is 32.5 Å². The van der Waals surface area contributed by atoms with E-state index in [1.54, 1.807) is 0 Å². The topological polar surface area (TPSA) is 142 Å². The van der Waals surface area contributed by atoms with Gasteiger partial charge in [-0.3, -0.25) is 5.32 Å². The van der Waals surface area contributed by atoms with Gasteiger partial charge in [0, 0.05) is 6.07 Å². The molecule has 0 aliphatic heterocycles. The number of anilines is 1. The second kappa shape index (κ2) is 9.38. The van der Waals surface area contributed by atoms with Crippen LogP contribution >= 0.6 is 0 Å². The van der Waals surface area contributed by atoms with Crippen LogP contribution in [0, 0.1) is 6.92 Å². The van der Waals surface area contributed by atoms with Gasteiger partial charge in [-0.1, -0.05) is 0 Å². The van der Waals surface area contributed by atoms with Crippen LogP contribution < -0.4 is 24.2 Å². The summed E-state index contributed by atoms with van der Waals surface area (Å²) in [5, 5.41) is 1.98. The third-order valence-electron chi connectivity index (χ3n) is 3.01. The van der Waals surface area contributed by atoms with E-state index >= 15 is 0 Å². The predicted molar refractivity (Wildman–Crippen MR) is 90.2 cm³/mol. The molecule has 1 aromatic heterocycles. The lowest BCUT2D eigenvalue weighted by Gasteiger charge is -2.14. The summed E-state index contributed by atoms with van der Waals surface area (Å²) in [6.07, 6.45) is 0. The zero-order valence-electron chi connectivity index (χ0n) is 15.1. The average Bonchev–Trinajstić information content (AvgIpc) is 2.60. The standard InChI is InChI=1S/C14H13F4N5O6S/c1-6-19-12(22-14(20-6)27-2)21-13(24)23-30(25,26)9-5-7(28-10(15)16)3-4-8(9)29-11(17)18/h3-5,10-11H,1-2H3,(H2,19,20,21,22,23,24). The Morgan fingerprint density at radius 1 is 1.07 bits per heavy atom. The van der Waals surface area contributed by atoms with E-state index in [1.807, 2.05) is 5.32 Å². The Morgan fingerprint density at radius 3 is 2.33 bits per heavy atom. The number of aryl methyl sites for hydroxylation is 1. The Labute approximate surface area is 166 Å². The van der Waals surface area contributed by atoms with Crippen LogP contribution in [0.5, 0.6) is 17.5 Å². The zero-order chi connectivity index (χ0) is 22.5. The van der Waals surface area contributed by atoms with Crippen molar-refractivity contribution in [1.82, 2.24) is 19.7 Å². The molecular weight excluding hydrogens is 442 g/mol. The lowest BCUT2D eigenvalue weighted by atomic mass is 10.3. The second-order valence-corrected chi connectivity index (χ2v) is 6.77. The molecule has 2 N–H and O–H groups in total. The van der Waals surface area contributed by atoms with Gasteiger partial charge in [-0.05, 0) is 19.1 Å². The summed E-state index contributed by atoms with van der Waals surface area (Å²) in [7, 11) is -3.65. The minimum Gasteiger partial charge on any atom is -0.467 e. The van der Waals surface area contributed by atoms with Crippen LogP contribution in [0.15, 0.2) is 23.1 Å². The van der Waals surface area contributed by atoms with E-state index < -0.39 is 45.7 Å². The van der Waals surface area contributed by atoms with Gasteiger partial charge in [-0.25, -0.2) is 17.9 Å². The van der Waals surface area contributed by atoms with Crippen LogP contribution in [-0.4, -0.2) is 49.7 Å². The second-order valence-electron chi connectivity index (χ2n) is 5.12. The van der Waals surface area contributed by atoms with E-state index in [-0.39, 0.29) is 17.8 Å². The smallest absolute Gasteiger partial charge is 0.387 e. The van der Waals surface area contributed by atoms with Crippen molar-refractivity contribution in [2.75, 3.05) is 12.4 Å². The van der Waals surface area contributed by atoms with Crippen molar-refractivity contribution in [3.8, 4) is 17.5 Å². The molecule has 0 aliphatic rings. The first kappa shape index (κ1) is 22.9. The van der Waals surface area contributed by atoms with Crippen LogP contribution in [0.1, 0.15) is 5.82 Å². The van der Waals surface area contributed by atoms with Gasteiger partial charge in [0.2, 0.25) is 5.95 Å². The average molecular weight is 455 g/mol. The van der Waals surface area contributed by atoms with Crippen LogP contribution in [-0.2, 0) is 10.0 Å². The Hall–Kier alpha value is -3.43. The maximum absolute atomic E-state index is 12.6. The third kappa shape index (κ3) is 6.29. The quantitative estimate of drug-likeness (QED) is 0.571. The lowest BCUT2D eigenvalue weighted by Crippen LogP contribution is -2.35. The van der Waals surface area contributed by atoms with Gasteiger partial charge in [0.05, 0.1) is 7.11 Å². The van der Waals surface area contributed by atoms with E-state index in [0.29, 0.717) is 12.1 Å². The number of ether oxygens (including phenoxy) is 3. The Bertz CT molecular complexity index is 1020. The molecule has 1 aromatic carbocycles. The molecule has 0 unspecified atom stereocenters. The summed E-state index contributed by atoms with van der Waals surface area (Å²) in [6, 6.07) is 0.352. The van der Waals surface area contributed by atoms with E-state index in [4.69, 9.17) is 4.74 Å². The Morgan fingerprint density at radius 2 is 1.73 bits per heavy atom. The number of rotatable bonds is 8. The number of halogens is 4. The van der Waals surface area contributed by atoms with E-state index in [0.717, 1.165) is 6.07 Å². The van der Waals surface area contributed by atoms with Gasteiger partial charge >= 0.3 is 25.3 Å². The molecule has 0 aliphatic carbocycles. The van der Waals surface area contributed by atoms with Gasteiger partial charge in [0.25, 0.3) is 10.0 Å². The van der Waals surface area contributed by atoms with Gasteiger partial charge in [0.15, 0.2) is 0 Å². The van der Waals surface area contributed by atoms with E-state index in [1.165, 1.54) is 18.8 Å². The molecule has 2 amide bonds. The highest BCUT2D eigenvalue weighted by molar-refractivity contribution is 7.90. The minimum absolute atomic E-state index is 0.129. The van der Waals surface area contributed by atoms with Crippen molar-refractivity contribution >= 4 is 22.0 Å². The van der Waals surface area contributed by atoms with Crippen LogP contribution in [0.4, 0.5) is 28.3 Å². The molecule has 0 radical (unpaired) electrons. The molecule has 164 valence electrons. The highest BCUT2D eigenvalue weighted by Gasteiger charge is 2.26. The SMILES string of the molecule is COc1nc(C)nc(NC(=O)NS(=O)(=O)c2cc(OC(F)F)ccc2OC(F)F)n1. The first-order valence-electron chi connectivity index (χ1n) is 7.64. The number of urea groups is 1. The third-order valence-corrected chi connectivity index (χ3v) is 4.36. The maximum Gasteiger partial charge on any atom is 0.387 e. The normalized spacial score (nSPS) is 11.3. The molecule has 0 fully saturated rings. The molecule has 30 heavy (non-hydrogen) atoms. The molecule has 16 heteroatoms. The number of sulfonamides is 1. The number of nitrogens with one attached hydrogen (secondary N) is 2. The summed E-state index contributed by atoms with van der Waals surface area (Å²) in [5.74, 6) is -1.84. The number of aromatic nitrogens is 3. The number of alkyl halides is 4. The summed E-state index contributed by atoms with van der Waals surface area (Å²) in [5.41, 5.74) is 0. The number of amides is 2. The fourth-order valence-electron chi connectivity index (χ4n) is 1.98. The first-order valence-corrected chi connectivity index (χ1v) is 9.12. The van der Waals surface area contributed by atoms with Crippen molar-refractivity contribution in [3.05, 3.63) is 24.0 Å². The van der Waals surface area contributed by atoms with Gasteiger partial charge in [-0.15, -0.1) is 0 Å². The first-order chi connectivity index (χ1) is 14.0. The summed E-state index contributed by atoms with van der Waals surface area (Å²) in [4.78, 5) is 22.1. The van der Waals surface area contributed by atoms with Crippen molar-refractivity contribution in [1.29, 1.82) is 0 Å². The van der Waals surface area contributed by atoms with Crippen LogP contribution in [0.3, 0.4) is 0 Å². The molecule has 0 spiro atoms. The Kier molecular flexibility index (Phi) is 7.14. The predicted octanol–water partition coefficient (Wildman–Crippen LogP) is 1.90. The minimum atomic E-state index is -4.89. The van der Waals surface area contributed by atoms with E-state index in [2.05, 4.69) is 24.4 Å². The number of hydrogen-bond donors (Lipinski definition) is 2. The number of nitrogens with zero attached hydrogens (tertiary/aromatic N) is 3. The summed E-state index contributed by atoms with van der Waals surface area (Å²) < 4.78 is 89.1. The largest absolute Gasteiger partial charge is 0.467 e. The lowest BCUT2D eigenvalue weighted by molar-refractivity contribution is -0.0546. The molecule has 2 aromatic rings. The number of carbonyl (C=O) groups excluding carboxylic acids is 1. The fraction of sp³-hybridized carbons (Fsp3) is 0.286. The molecule has 0 bridgehead atoms. The van der Waals surface area contributed by atoms with Crippen molar-refractivity contribution in [3.63, 3.8) is 0 Å². The number of methoxy groups -OCH3 is 1. The van der Waals surface area contributed by atoms with Crippen LogP contribution in [0.25, 0.3) is 0 Å². The van der Waals surface area contributed by atoms with Gasteiger partial charge < -0.3 is 14.2 Å². The number of benzene rings is 1. The number of carbonyl (C=O) groups is 1. The highest BCUT2D eigenvalue weighted by atomic mass is 32.2. The monoisotopic (exact) mass is 455 g/mol. The maximum atomic E-state index is 12.6.